The van der Waals surface area contributed by atoms with E-state index in [0.717, 1.165) is 0 Å². The van der Waals surface area contributed by atoms with Crippen LogP contribution in [0.4, 0.5) is 5.82 Å². The number of hydrogen-bond donors (Lipinski definition) is 2. The summed E-state index contributed by atoms with van der Waals surface area (Å²) in [6.45, 7) is 4.31. The second-order valence-electron chi connectivity index (χ2n) is 6.35. The van der Waals surface area contributed by atoms with Crippen molar-refractivity contribution in [2.75, 3.05) is 51.9 Å². The highest BCUT2D eigenvalue weighted by Gasteiger charge is 2.42. The molecule has 0 aromatic carbocycles. The van der Waals surface area contributed by atoms with Crippen molar-refractivity contribution in [2.24, 2.45) is 7.05 Å². The second kappa shape index (κ2) is 9.54. The summed E-state index contributed by atoms with van der Waals surface area (Å²) in [4.78, 5) is 26.8. The molecule has 2 amide bonds. The van der Waals surface area contributed by atoms with Crippen molar-refractivity contribution in [3.05, 3.63) is 12.3 Å². The molecule has 1 aromatic heterocycles. The molecule has 1 aliphatic heterocycles. The first-order valence-corrected chi connectivity index (χ1v) is 8.91. The van der Waals surface area contributed by atoms with Gasteiger partial charge in [0.15, 0.2) is 0 Å². The lowest BCUT2D eigenvalue weighted by Gasteiger charge is -2.41. The van der Waals surface area contributed by atoms with E-state index in [4.69, 9.17) is 9.47 Å². The third kappa shape index (κ3) is 5.18. The molecule has 1 fully saturated rings. The van der Waals surface area contributed by atoms with E-state index in [1.807, 2.05) is 26.2 Å². The van der Waals surface area contributed by atoms with E-state index in [1.54, 1.807) is 16.7 Å². The fourth-order valence-corrected chi connectivity index (χ4v) is 2.99. The molecule has 1 aromatic rings. The van der Waals surface area contributed by atoms with Gasteiger partial charge in [-0.25, -0.2) is 0 Å². The zero-order valence-electron chi connectivity index (χ0n) is 15.8. The van der Waals surface area contributed by atoms with Crippen molar-refractivity contribution in [1.82, 2.24) is 20.0 Å². The molecule has 2 rings (SSSR count). The van der Waals surface area contributed by atoms with Crippen molar-refractivity contribution >= 4 is 17.6 Å². The van der Waals surface area contributed by atoms with Crippen LogP contribution in [0.25, 0.3) is 0 Å². The Kier molecular flexibility index (Phi) is 7.40. The Morgan fingerprint density at radius 2 is 2.08 bits per heavy atom. The lowest BCUT2D eigenvalue weighted by atomic mass is 9.86. The molecule has 0 unspecified atom stereocenters. The summed E-state index contributed by atoms with van der Waals surface area (Å²) in [6, 6.07) is 1.83. The lowest BCUT2D eigenvalue weighted by molar-refractivity contribution is -0.139. The van der Waals surface area contributed by atoms with Crippen LogP contribution in [0.2, 0.25) is 0 Å². The fraction of sp³-hybridized carbons (Fsp3) is 0.706. The van der Waals surface area contributed by atoms with Gasteiger partial charge in [-0.05, 0) is 19.8 Å². The van der Waals surface area contributed by atoms with Crippen molar-refractivity contribution in [3.8, 4) is 0 Å². The van der Waals surface area contributed by atoms with Gasteiger partial charge in [-0.3, -0.25) is 14.3 Å². The molecule has 26 heavy (non-hydrogen) atoms. The minimum Gasteiger partial charge on any atom is -0.383 e. The number of aryl methyl sites for hydroxylation is 1. The number of ether oxygens (including phenoxy) is 2. The second-order valence-corrected chi connectivity index (χ2v) is 6.35. The Hall–Kier alpha value is -2.13. The van der Waals surface area contributed by atoms with Crippen LogP contribution in [0.3, 0.4) is 0 Å². The molecular weight excluding hydrogens is 338 g/mol. The molecule has 9 nitrogen and oxygen atoms in total. The first kappa shape index (κ1) is 20.2. The zero-order chi connectivity index (χ0) is 19.0. The largest absolute Gasteiger partial charge is 0.383 e. The van der Waals surface area contributed by atoms with E-state index in [0.29, 0.717) is 51.5 Å². The van der Waals surface area contributed by atoms with Crippen LogP contribution >= 0.6 is 0 Å². The van der Waals surface area contributed by atoms with E-state index in [-0.39, 0.29) is 18.4 Å². The minimum absolute atomic E-state index is 0.0434. The summed E-state index contributed by atoms with van der Waals surface area (Å²) in [6.07, 6.45) is 2.82. The number of likely N-dealkylation sites (tertiary alicyclic amines) is 1. The van der Waals surface area contributed by atoms with E-state index < -0.39 is 5.54 Å². The summed E-state index contributed by atoms with van der Waals surface area (Å²) in [5.41, 5.74) is -0.801. The van der Waals surface area contributed by atoms with E-state index in [1.165, 1.54) is 0 Å². The van der Waals surface area contributed by atoms with Crippen LogP contribution in [0.15, 0.2) is 12.3 Å². The molecule has 0 bridgehead atoms. The van der Waals surface area contributed by atoms with Crippen LogP contribution in [-0.4, -0.2) is 78.6 Å². The Labute approximate surface area is 154 Å². The molecule has 1 saturated heterocycles. The summed E-state index contributed by atoms with van der Waals surface area (Å²) < 4.78 is 11.9. The SMILES string of the molecule is CCOCC(=O)N1CCC(Nc2ccn(C)n2)(C(=O)NCCOC)CC1. The molecule has 146 valence electrons. The lowest BCUT2D eigenvalue weighted by Crippen LogP contribution is -2.59. The Bertz CT molecular complexity index is 596. The molecule has 2 heterocycles. The molecule has 0 aliphatic carbocycles. The molecule has 0 spiro atoms. The highest BCUT2D eigenvalue weighted by Crippen LogP contribution is 2.27. The minimum atomic E-state index is -0.801. The van der Waals surface area contributed by atoms with Crippen LogP contribution in [0.5, 0.6) is 0 Å². The summed E-state index contributed by atoms with van der Waals surface area (Å²) >= 11 is 0. The molecule has 9 heteroatoms. The number of nitrogens with zero attached hydrogens (tertiary/aromatic N) is 3. The van der Waals surface area contributed by atoms with Gasteiger partial charge < -0.3 is 25.0 Å². The number of amides is 2. The number of piperidine rings is 1. The number of anilines is 1. The zero-order valence-corrected chi connectivity index (χ0v) is 15.8. The quantitative estimate of drug-likeness (QED) is 0.596. The van der Waals surface area contributed by atoms with Crippen LogP contribution in [0, 0.1) is 0 Å². The Morgan fingerprint density at radius 3 is 2.65 bits per heavy atom. The van der Waals surface area contributed by atoms with Crippen molar-refractivity contribution in [1.29, 1.82) is 0 Å². The highest BCUT2D eigenvalue weighted by molar-refractivity contribution is 5.90. The number of aromatic nitrogens is 2. The van der Waals surface area contributed by atoms with Gasteiger partial charge in [0.2, 0.25) is 11.8 Å². The number of carbonyl (C=O) groups excluding carboxylic acids is 2. The highest BCUT2D eigenvalue weighted by atomic mass is 16.5. The third-order valence-electron chi connectivity index (χ3n) is 4.51. The first-order valence-electron chi connectivity index (χ1n) is 8.91. The predicted octanol–water partition coefficient (Wildman–Crippen LogP) is -0.00770. The topological polar surface area (TPSA) is 97.7 Å². The summed E-state index contributed by atoms with van der Waals surface area (Å²) in [7, 11) is 3.42. The maximum atomic E-state index is 12.9. The summed E-state index contributed by atoms with van der Waals surface area (Å²) in [5.74, 6) is 0.499. The van der Waals surface area contributed by atoms with Gasteiger partial charge in [0, 0.05) is 52.7 Å². The maximum Gasteiger partial charge on any atom is 0.248 e. The average molecular weight is 367 g/mol. The number of rotatable bonds is 9. The van der Waals surface area contributed by atoms with Gasteiger partial charge in [-0.2, -0.15) is 5.10 Å². The van der Waals surface area contributed by atoms with Gasteiger partial charge >= 0.3 is 0 Å². The van der Waals surface area contributed by atoms with Crippen LogP contribution in [-0.2, 0) is 26.1 Å². The van der Waals surface area contributed by atoms with E-state index in [9.17, 15) is 9.59 Å². The standard InChI is InChI=1S/C17H29N5O4/c1-4-26-13-15(23)22-10-6-17(7-11-22,16(24)18-8-12-25-3)19-14-5-9-21(2)20-14/h5,9H,4,6-8,10-13H2,1-3H3,(H,18,24)(H,19,20). The average Bonchev–Trinajstić information content (AvgIpc) is 3.04. The van der Waals surface area contributed by atoms with Gasteiger partial charge in [0.25, 0.3) is 0 Å². The van der Waals surface area contributed by atoms with Crippen LogP contribution < -0.4 is 10.6 Å². The van der Waals surface area contributed by atoms with Crippen molar-refractivity contribution in [3.63, 3.8) is 0 Å². The van der Waals surface area contributed by atoms with Gasteiger partial charge in [-0.15, -0.1) is 0 Å². The van der Waals surface area contributed by atoms with Gasteiger partial charge in [-0.1, -0.05) is 0 Å². The third-order valence-corrected chi connectivity index (χ3v) is 4.51. The molecule has 0 radical (unpaired) electrons. The van der Waals surface area contributed by atoms with E-state index >= 15 is 0 Å². The molecular formula is C17H29N5O4. The molecule has 0 saturated carbocycles. The number of methoxy groups -OCH3 is 1. The Balaban J connectivity index is 2.05. The Morgan fingerprint density at radius 1 is 1.35 bits per heavy atom. The predicted molar refractivity (Wildman–Crippen MR) is 96.8 cm³/mol. The first-order chi connectivity index (χ1) is 12.5. The number of hydrogen-bond acceptors (Lipinski definition) is 6. The molecule has 2 N–H and O–H groups in total. The fourth-order valence-electron chi connectivity index (χ4n) is 2.99. The molecule has 1 aliphatic rings. The van der Waals surface area contributed by atoms with Gasteiger partial charge in [0.1, 0.15) is 18.0 Å². The molecule has 0 atom stereocenters. The van der Waals surface area contributed by atoms with Crippen molar-refractivity contribution < 1.29 is 19.1 Å². The van der Waals surface area contributed by atoms with E-state index in [2.05, 4.69) is 15.7 Å². The number of carbonyl (C=O) groups is 2. The maximum absolute atomic E-state index is 12.9. The smallest absolute Gasteiger partial charge is 0.248 e. The van der Waals surface area contributed by atoms with Crippen LogP contribution in [0.1, 0.15) is 19.8 Å². The number of nitrogens with one attached hydrogen (secondary N) is 2. The van der Waals surface area contributed by atoms with Crippen molar-refractivity contribution in [2.45, 2.75) is 25.3 Å². The normalized spacial score (nSPS) is 16.3. The van der Waals surface area contributed by atoms with Gasteiger partial charge in [0.05, 0.1) is 6.61 Å². The summed E-state index contributed by atoms with van der Waals surface area (Å²) in [5, 5.41) is 10.5. The monoisotopic (exact) mass is 367 g/mol.